The number of phenols is 2. The normalized spacial score (nSPS) is 17.2. The average molecular weight is 338 g/mol. The van der Waals surface area contributed by atoms with E-state index in [0.717, 1.165) is 18.8 Å². The summed E-state index contributed by atoms with van der Waals surface area (Å²) in [7, 11) is 0. The van der Waals surface area contributed by atoms with Crippen LogP contribution in [-0.2, 0) is 4.74 Å². The average Bonchev–Trinajstić information content (AvgIpc) is 2.64. The molecule has 2 aliphatic heterocycles. The van der Waals surface area contributed by atoms with Gasteiger partial charge in [-0.25, -0.2) is 0 Å². The molecule has 0 amide bonds. The Labute approximate surface area is 145 Å². The lowest BCUT2D eigenvalue weighted by atomic mass is 9.95. The number of ether oxygens (including phenoxy) is 1. The molecule has 2 aliphatic rings. The summed E-state index contributed by atoms with van der Waals surface area (Å²) in [6.45, 7) is 2.98. The first kappa shape index (κ1) is 15.7. The van der Waals surface area contributed by atoms with Crippen LogP contribution in [0.1, 0.15) is 22.3 Å². The van der Waals surface area contributed by atoms with E-state index in [4.69, 9.17) is 4.74 Å². The van der Waals surface area contributed by atoms with E-state index in [1.807, 2.05) is 18.2 Å². The van der Waals surface area contributed by atoms with Crippen molar-refractivity contribution >= 4 is 22.9 Å². The van der Waals surface area contributed by atoms with Crippen LogP contribution in [0.3, 0.4) is 0 Å². The summed E-state index contributed by atoms with van der Waals surface area (Å²) in [4.78, 5) is 19.4. The van der Waals surface area contributed by atoms with Gasteiger partial charge in [0, 0.05) is 29.9 Å². The highest BCUT2D eigenvalue weighted by Gasteiger charge is 2.24. The third kappa shape index (κ3) is 2.96. The van der Waals surface area contributed by atoms with Crippen molar-refractivity contribution in [3.8, 4) is 11.5 Å². The lowest BCUT2D eigenvalue weighted by molar-refractivity contribution is 0.1000. The van der Waals surface area contributed by atoms with Crippen LogP contribution in [0, 0.1) is 0 Å². The van der Waals surface area contributed by atoms with E-state index < -0.39 is 0 Å². The molecule has 0 aromatic heterocycles. The molecule has 2 aromatic carbocycles. The van der Waals surface area contributed by atoms with E-state index in [-0.39, 0.29) is 23.7 Å². The lowest BCUT2D eigenvalue weighted by Gasteiger charge is -2.29. The molecule has 1 fully saturated rings. The van der Waals surface area contributed by atoms with Crippen LogP contribution in [0.25, 0.3) is 0 Å². The number of hydrogen-bond acceptors (Lipinski definition) is 6. The van der Waals surface area contributed by atoms with E-state index in [0.29, 0.717) is 35.7 Å². The third-order valence-electron chi connectivity index (χ3n) is 4.53. The summed E-state index contributed by atoms with van der Waals surface area (Å²) >= 11 is 0. The molecule has 0 bridgehead atoms. The maximum absolute atomic E-state index is 12.6. The Morgan fingerprint density at radius 3 is 2.60 bits per heavy atom. The van der Waals surface area contributed by atoms with Crippen molar-refractivity contribution in [3.05, 3.63) is 47.5 Å². The summed E-state index contributed by atoms with van der Waals surface area (Å²) in [5.74, 6) is -0.0213. The van der Waals surface area contributed by atoms with Crippen LogP contribution in [-0.4, -0.2) is 48.0 Å². The fourth-order valence-electron chi connectivity index (χ4n) is 3.21. The Balaban J connectivity index is 1.71. The van der Waals surface area contributed by atoms with Gasteiger partial charge in [-0.15, -0.1) is 0 Å². The summed E-state index contributed by atoms with van der Waals surface area (Å²) in [5, 5.41) is 19.7. The topological polar surface area (TPSA) is 82.4 Å². The Hall–Kier alpha value is -2.86. The summed E-state index contributed by atoms with van der Waals surface area (Å²) < 4.78 is 5.36. The van der Waals surface area contributed by atoms with Gasteiger partial charge in [-0.05, 0) is 36.4 Å². The maximum Gasteiger partial charge on any atom is 0.171 e. The highest BCUT2D eigenvalue weighted by atomic mass is 16.5. The third-order valence-corrected chi connectivity index (χ3v) is 4.53. The Morgan fingerprint density at radius 2 is 1.80 bits per heavy atom. The second-order valence-corrected chi connectivity index (χ2v) is 6.16. The van der Waals surface area contributed by atoms with E-state index in [1.54, 1.807) is 0 Å². The Morgan fingerprint density at radius 1 is 1.00 bits per heavy atom. The molecule has 6 heteroatoms. The van der Waals surface area contributed by atoms with Gasteiger partial charge in [0.25, 0.3) is 0 Å². The fraction of sp³-hybridized carbons (Fsp3) is 0.263. The van der Waals surface area contributed by atoms with Gasteiger partial charge < -0.3 is 19.8 Å². The first-order valence-corrected chi connectivity index (χ1v) is 8.22. The van der Waals surface area contributed by atoms with Crippen molar-refractivity contribution in [2.24, 2.45) is 4.99 Å². The number of rotatable bonds is 2. The molecule has 6 nitrogen and oxygen atoms in total. The minimum atomic E-state index is -0.0437. The fourth-order valence-corrected chi connectivity index (χ4v) is 3.21. The second-order valence-electron chi connectivity index (χ2n) is 6.16. The van der Waals surface area contributed by atoms with Crippen LogP contribution < -0.4 is 4.90 Å². The molecule has 4 rings (SSSR count). The zero-order chi connectivity index (χ0) is 17.4. The van der Waals surface area contributed by atoms with E-state index in [1.165, 1.54) is 18.2 Å². The highest BCUT2D eigenvalue weighted by molar-refractivity contribution is 6.21. The number of benzene rings is 2. The van der Waals surface area contributed by atoms with Gasteiger partial charge in [0.15, 0.2) is 5.78 Å². The number of fused-ring (bicyclic) bond motifs is 1. The summed E-state index contributed by atoms with van der Waals surface area (Å²) in [5.41, 5.74) is 3.02. The molecule has 2 aromatic rings. The monoisotopic (exact) mass is 338 g/mol. The van der Waals surface area contributed by atoms with Gasteiger partial charge in [0.2, 0.25) is 0 Å². The van der Waals surface area contributed by atoms with Gasteiger partial charge in [0.1, 0.15) is 11.5 Å². The molecule has 0 spiro atoms. The minimum absolute atomic E-state index is 0.00210. The van der Waals surface area contributed by atoms with Gasteiger partial charge >= 0.3 is 0 Å². The molecule has 2 heterocycles. The van der Waals surface area contributed by atoms with Crippen molar-refractivity contribution < 1.29 is 19.7 Å². The quantitative estimate of drug-likeness (QED) is 0.823. The second kappa shape index (κ2) is 6.22. The van der Waals surface area contributed by atoms with Crippen LogP contribution >= 0.6 is 0 Å². The van der Waals surface area contributed by atoms with E-state index in [2.05, 4.69) is 9.89 Å². The van der Waals surface area contributed by atoms with Crippen LogP contribution in [0.15, 0.2) is 41.4 Å². The van der Waals surface area contributed by atoms with Gasteiger partial charge in [-0.3, -0.25) is 9.79 Å². The number of nitrogens with zero attached hydrogens (tertiary/aromatic N) is 2. The van der Waals surface area contributed by atoms with Crippen LogP contribution in [0.2, 0.25) is 0 Å². The lowest BCUT2D eigenvalue weighted by Crippen LogP contribution is -2.36. The predicted octanol–water partition coefficient (Wildman–Crippen LogP) is 2.64. The Bertz CT molecular complexity index is 870. The number of phenolic OH excluding ortho intramolecular Hbond substituents is 2. The number of ketones is 1. The molecule has 128 valence electrons. The summed E-state index contributed by atoms with van der Waals surface area (Å²) in [6.07, 6.45) is 0.0938. The van der Waals surface area contributed by atoms with Crippen LogP contribution in [0.5, 0.6) is 11.5 Å². The predicted molar refractivity (Wildman–Crippen MR) is 94.4 cm³/mol. The highest BCUT2D eigenvalue weighted by Crippen LogP contribution is 2.34. The molecule has 0 atom stereocenters. The molecule has 0 saturated carbocycles. The molecule has 1 saturated heterocycles. The molecule has 2 N–H and O–H groups in total. The number of anilines is 1. The molecular weight excluding hydrogens is 320 g/mol. The zero-order valence-corrected chi connectivity index (χ0v) is 13.6. The first-order valence-electron chi connectivity index (χ1n) is 8.22. The van der Waals surface area contributed by atoms with Crippen LogP contribution in [0.4, 0.5) is 11.4 Å². The largest absolute Gasteiger partial charge is 0.508 e. The summed E-state index contributed by atoms with van der Waals surface area (Å²) in [6, 6.07) is 9.88. The number of hydrogen-bond donors (Lipinski definition) is 2. The van der Waals surface area contributed by atoms with Crippen molar-refractivity contribution in [3.63, 3.8) is 0 Å². The smallest absolute Gasteiger partial charge is 0.171 e. The van der Waals surface area contributed by atoms with Gasteiger partial charge in [0.05, 0.1) is 31.0 Å². The standard InChI is InChI=1S/C19H18N2O4/c22-13-2-4-18(23)15(10-13)17-11-19(24)14-9-12(1-3-16(14)20-17)21-5-7-25-8-6-21/h1-4,9-10,22-23H,5-8,11H2. The number of carbonyl (C=O) groups excluding carboxylic acids is 1. The number of aliphatic imine (C=N–C) groups is 1. The number of Topliss-reactive ketones (excluding diaryl/α,β-unsaturated/α-hetero) is 1. The maximum atomic E-state index is 12.6. The number of aromatic hydroxyl groups is 2. The van der Waals surface area contributed by atoms with Crippen molar-refractivity contribution in [1.82, 2.24) is 0 Å². The van der Waals surface area contributed by atoms with Crippen molar-refractivity contribution in [2.45, 2.75) is 6.42 Å². The molecule has 0 aliphatic carbocycles. The minimum Gasteiger partial charge on any atom is -0.508 e. The molecule has 25 heavy (non-hydrogen) atoms. The zero-order valence-electron chi connectivity index (χ0n) is 13.6. The molecular formula is C19H18N2O4. The van der Waals surface area contributed by atoms with E-state index in [9.17, 15) is 15.0 Å². The Kier molecular flexibility index (Phi) is 3.89. The molecule has 0 radical (unpaired) electrons. The van der Waals surface area contributed by atoms with Crippen molar-refractivity contribution in [1.29, 1.82) is 0 Å². The number of carbonyl (C=O) groups is 1. The first-order chi connectivity index (χ1) is 12.1. The van der Waals surface area contributed by atoms with Gasteiger partial charge in [-0.1, -0.05) is 0 Å². The number of morpholine rings is 1. The van der Waals surface area contributed by atoms with E-state index >= 15 is 0 Å². The molecule has 0 unspecified atom stereocenters. The van der Waals surface area contributed by atoms with Gasteiger partial charge in [-0.2, -0.15) is 0 Å². The SMILES string of the molecule is O=C1CC(c2cc(O)ccc2O)=Nc2ccc(N3CCOCC3)cc21. The van der Waals surface area contributed by atoms with Crippen molar-refractivity contribution in [2.75, 3.05) is 31.2 Å².